The van der Waals surface area contributed by atoms with E-state index in [-0.39, 0.29) is 24.0 Å². The van der Waals surface area contributed by atoms with Gasteiger partial charge in [0.1, 0.15) is 5.01 Å². The summed E-state index contributed by atoms with van der Waals surface area (Å²) >= 11 is 2.61. The molecule has 3 heterocycles. The lowest BCUT2D eigenvalue weighted by molar-refractivity contribution is -0.115. The Bertz CT molecular complexity index is 856. The number of amides is 2. The molecule has 130 valence electrons. The lowest BCUT2D eigenvalue weighted by Crippen LogP contribution is -2.15. The SMILES string of the molecule is CCCc1nnc(NC(=O)Cc2csc(NC(=O)c3ccco3)n2)s1. The molecule has 0 bridgehead atoms. The molecule has 0 aliphatic heterocycles. The average Bonchev–Trinajstić information content (AvgIpc) is 3.30. The Balaban J connectivity index is 1.53. The van der Waals surface area contributed by atoms with Crippen molar-refractivity contribution < 1.29 is 14.0 Å². The second kappa shape index (κ2) is 7.99. The minimum Gasteiger partial charge on any atom is -0.459 e. The van der Waals surface area contributed by atoms with E-state index in [9.17, 15) is 9.59 Å². The van der Waals surface area contributed by atoms with E-state index in [1.165, 1.54) is 28.9 Å². The second-order valence-electron chi connectivity index (χ2n) is 5.05. The first-order valence-corrected chi connectivity index (χ1v) is 9.25. The van der Waals surface area contributed by atoms with Gasteiger partial charge in [0.05, 0.1) is 18.4 Å². The molecule has 8 nitrogen and oxygen atoms in total. The zero-order valence-corrected chi connectivity index (χ0v) is 14.9. The van der Waals surface area contributed by atoms with Gasteiger partial charge in [-0.3, -0.25) is 14.9 Å². The first-order valence-electron chi connectivity index (χ1n) is 7.55. The molecule has 0 saturated carbocycles. The Morgan fingerprint density at radius 3 is 2.88 bits per heavy atom. The van der Waals surface area contributed by atoms with Gasteiger partial charge in [-0.15, -0.1) is 21.5 Å². The molecular formula is C15H15N5O3S2. The third kappa shape index (κ3) is 4.70. The molecule has 0 aromatic carbocycles. The highest BCUT2D eigenvalue weighted by atomic mass is 32.1. The molecule has 0 atom stereocenters. The van der Waals surface area contributed by atoms with Crippen LogP contribution in [-0.2, 0) is 17.6 Å². The summed E-state index contributed by atoms with van der Waals surface area (Å²) in [6, 6.07) is 3.19. The number of thiazole rings is 1. The average molecular weight is 377 g/mol. The van der Waals surface area contributed by atoms with Crippen LogP contribution in [-0.4, -0.2) is 27.0 Å². The van der Waals surface area contributed by atoms with Crippen molar-refractivity contribution in [1.29, 1.82) is 0 Å². The highest BCUT2D eigenvalue weighted by Gasteiger charge is 2.14. The Morgan fingerprint density at radius 2 is 2.12 bits per heavy atom. The molecule has 3 aromatic rings. The summed E-state index contributed by atoms with van der Waals surface area (Å²) in [5, 5.41) is 16.8. The van der Waals surface area contributed by atoms with E-state index >= 15 is 0 Å². The quantitative estimate of drug-likeness (QED) is 0.655. The van der Waals surface area contributed by atoms with Crippen molar-refractivity contribution in [2.45, 2.75) is 26.2 Å². The largest absolute Gasteiger partial charge is 0.459 e. The number of aromatic nitrogens is 3. The van der Waals surface area contributed by atoms with Crippen LogP contribution in [0.5, 0.6) is 0 Å². The number of carbonyl (C=O) groups excluding carboxylic acids is 2. The highest BCUT2D eigenvalue weighted by molar-refractivity contribution is 7.15. The third-order valence-electron chi connectivity index (χ3n) is 3.04. The maximum atomic E-state index is 12.1. The fraction of sp³-hybridized carbons (Fsp3) is 0.267. The Kier molecular flexibility index (Phi) is 5.51. The van der Waals surface area contributed by atoms with E-state index < -0.39 is 0 Å². The smallest absolute Gasteiger partial charge is 0.293 e. The summed E-state index contributed by atoms with van der Waals surface area (Å²) in [7, 11) is 0. The fourth-order valence-corrected chi connectivity index (χ4v) is 3.52. The summed E-state index contributed by atoms with van der Waals surface area (Å²) < 4.78 is 5.01. The zero-order valence-electron chi connectivity index (χ0n) is 13.3. The van der Waals surface area contributed by atoms with Crippen LogP contribution in [0.25, 0.3) is 0 Å². The van der Waals surface area contributed by atoms with Gasteiger partial charge in [0.15, 0.2) is 10.9 Å². The number of rotatable bonds is 7. The summed E-state index contributed by atoms with van der Waals surface area (Å²) in [6.07, 6.45) is 3.34. The molecule has 0 radical (unpaired) electrons. The predicted molar refractivity (Wildman–Crippen MR) is 95.0 cm³/mol. The summed E-state index contributed by atoms with van der Waals surface area (Å²) in [5.74, 6) is -0.408. The molecule has 3 rings (SSSR count). The van der Waals surface area contributed by atoms with Gasteiger partial charge < -0.3 is 9.73 Å². The van der Waals surface area contributed by atoms with Crippen molar-refractivity contribution in [3.05, 3.63) is 40.2 Å². The van der Waals surface area contributed by atoms with Crippen molar-refractivity contribution in [2.24, 2.45) is 0 Å². The minimum absolute atomic E-state index is 0.0931. The number of anilines is 2. The maximum absolute atomic E-state index is 12.1. The van der Waals surface area contributed by atoms with Crippen LogP contribution in [0.3, 0.4) is 0 Å². The standard InChI is InChI=1S/C15H15N5O3S2/c1-2-4-12-19-20-15(25-12)17-11(21)7-9-8-24-14(16-9)18-13(22)10-5-3-6-23-10/h3,5-6,8H,2,4,7H2,1H3,(H,16,18,22)(H,17,20,21). The molecule has 0 aliphatic rings. The maximum Gasteiger partial charge on any atom is 0.293 e. The topological polar surface area (TPSA) is 110 Å². The zero-order chi connectivity index (χ0) is 17.6. The lowest BCUT2D eigenvalue weighted by atomic mass is 10.3. The van der Waals surface area contributed by atoms with Gasteiger partial charge in [0, 0.05) is 11.8 Å². The number of furan rings is 1. The van der Waals surface area contributed by atoms with E-state index in [4.69, 9.17) is 4.42 Å². The van der Waals surface area contributed by atoms with Crippen LogP contribution in [0.15, 0.2) is 28.2 Å². The van der Waals surface area contributed by atoms with Crippen molar-refractivity contribution in [3.63, 3.8) is 0 Å². The first kappa shape index (κ1) is 17.2. The van der Waals surface area contributed by atoms with Gasteiger partial charge in [0.2, 0.25) is 11.0 Å². The number of aryl methyl sites for hydroxylation is 1. The van der Waals surface area contributed by atoms with E-state index in [1.54, 1.807) is 17.5 Å². The monoisotopic (exact) mass is 377 g/mol. The highest BCUT2D eigenvalue weighted by Crippen LogP contribution is 2.19. The molecule has 0 aliphatic carbocycles. The van der Waals surface area contributed by atoms with Crippen LogP contribution in [0.4, 0.5) is 10.3 Å². The van der Waals surface area contributed by atoms with Crippen LogP contribution in [0, 0.1) is 0 Å². The molecule has 0 fully saturated rings. The molecule has 0 spiro atoms. The Morgan fingerprint density at radius 1 is 1.24 bits per heavy atom. The Labute approximate surface area is 151 Å². The van der Waals surface area contributed by atoms with Crippen LogP contribution >= 0.6 is 22.7 Å². The van der Waals surface area contributed by atoms with Gasteiger partial charge in [-0.05, 0) is 18.6 Å². The summed E-state index contributed by atoms with van der Waals surface area (Å²) in [4.78, 5) is 28.2. The molecule has 10 heteroatoms. The van der Waals surface area contributed by atoms with Gasteiger partial charge in [-0.25, -0.2) is 4.98 Å². The lowest BCUT2D eigenvalue weighted by Gasteiger charge is -1.99. The summed E-state index contributed by atoms with van der Waals surface area (Å²) in [6.45, 7) is 2.06. The number of carbonyl (C=O) groups is 2. The normalized spacial score (nSPS) is 10.6. The van der Waals surface area contributed by atoms with Crippen LogP contribution in [0.2, 0.25) is 0 Å². The van der Waals surface area contributed by atoms with Gasteiger partial charge in [-0.2, -0.15) is 0 Å². The van der Waals surface area contributed by atoms with Crippen molar-refractivity contribution in [1.82, 2.24) is 15.2 Å². The molecule has 2 amide bonds. The van der Waals surface area contributed by atoms with E-state index in [0.29, 0.717) is 16.0 Å². The number of nitrogens with one attached hydrogen (secondary N) is 2. The van der Waals surface area contributed by atoms with Crippen molar-refractivity contribution >= 4 is 44.8 Å². The van der Waals surface area contributed by atoms with Gasteiger partial charge >= 0.3 is 0 Å². The van der Waals surface area contributed by atoms with E-state index in [2.05, 4.69) is 32.7 Å². The molecule has 2 N–H and O–H groups in total. The fourth-order valence-electron chi connectivity index (χ4n) is 1.96. The molecule has 0 unspecified atom stereocenters. The predicted octanol–water partition coefficient (Wildman–Crippen LogP) is 2.97. The first-order chi connectivity index (χ1) is 12.1. The number of hydrogen-bond acceptors (Lipinski definition) is 8. The van der Waals surface area contributed by atoms with Crippen molar-refractivity contribution in [2.75, 3.05) is 10.6 Å². The second-order valence-corrected chi connectivity index (χ2v) is 6.97. The van der Waals surface area contributed by atoms with E-state index in [0.717, 1.165) is 17.8 Å². The Hall–Kier alpha value is -2.59. The van der Waals surface area contributed by atoms with Gasteiger partial charge in [0.25, 0.3) is 5.91 Å². The number of hydrogen-bond donors (Lipinski definition) is 2. The van der Waals surface area contributed by atoms with Crippen molar-refractivity contribution in [3.8, 4) is 0 Å². The van der Waals surface area contributed by atoms with Crippen LogP contribution in [0.1, 0.15) is 34.6 Å². The molecule has 0 saturated heterocycles. The van der Waals surface area contributed by atoms with Crippen LogP contribution < -0.4 is 10.6 Å². The number of nitrogens with zero attached hydrogens (tertiary/aromatic N) is 3. The molecular weight excluding hydrogens is 362 g/mol. The molecule has 25 heavy (non-hydrogen) atoms. The third-order valence-corrected chi connectivity index (χ3v) is 4.74. The van der Waals surface area contributed by atoms with E-state index in [1.807, 2.05) is 0 Å². The molecule has 3 aromatic heterocycles. The summed E-state index contributed by atoms with van der Waals surface area (Å²) in [5.41, 5.74) is 0.565. The minimum atomic E-state index is -0.382. The van der Waals surface area contributed by atoms with Gasteiger partial charge in [-0.1, -0.05) is 18.3 Å².